The molecule has 23 heavy (non-hydrogen) atoms. The number of hydrogen-bond donors (Lipinski definition) is 1. The number of aliphatic imine (C=N–C) groups is 1. The van der Waals surface area contributed by atoms with Crippen LogP contribution in [0.25, 0.3) is 11.0 Å². The lowest BCUT2D eigenvalue weighted by atomic mass is 10.3. The third-order valence-electron chi connectivity index (χ3n) is 4.01. The number of fused-ring (bicyclic) bond motifs is 1. The fraction of sp³-hybridized carbons (Fsp3) is 0.500. The summed E-state index contributed by atoms with van der Waals surface area (Å²) in [6, 6.07) is 8.17. The van der Waals surface area contributed by atoms with E-state index in [0.29, 0.717) is 19.1 Å². The predicted octanol–water partition coefficient (Wildman–Crippen LogP) is 2.00. The van der Waals surface area contributed by atoms with Crippen LogP contribution in [0.3, 0.4) is 0 Å². The van der Waals surface area contributed by atoms with E-state index in [1.807, 2.05) is 25.1 Å². The molecule has 1 aromatic heterocycles. The van der Waals surface area contributed by atoms with E-state index < -0.39 is 0 Å². The van der Waals surface area contributed by atoms with E-state index in [0.717, 1.165) is 36.5 Å². The summed E-state index contributed by atoms with van der Waals surface area (Å²) in [6.45, 7) is 7.85. The largest absolute Gasteiger partial charge is 0.375 e. The normalized spacial score (nSPS) is 19.0. The van der Waals surface area contributed by atoms with Gasteiger partial charge in [0.1, 0.15) is 5.82 Å². The lowest BCUT2D eigenvalue weighted by Crippen LogP contribution is -2.48. The number of rotatable bonds is 3. The highest BCUT2D eigenvalue weighted by molar-refractivity contribution is 14.0. The number of aromatic nitrogens is 2. The van der Waals surface area contributed by atoms with Gasteiger partial charge >= 0.3 is 0 Å². The van der Waals surface area contributed by atoms with Crippen LogP contribution in [0, 0.1) is 6.92 Å². The summed E-state index contributed by atoms with van der Waals surface area (Å²) >= 11 is 0. The number of aryl methyl sites for hydroxylation is 1. The molecular formula is C16H24IN5O. The van der Waals surface area contributed by atoms with Crippen LogP contribution in [0.5, 0.6) is 0 Å². The average Bonchev–Trinajstić information content (AvgIpc) is 2.83. The molecule has 6 nitrogen and oxygen atoms in total. The second-order valence-electron chi connectivity index (χ2n) is 5.67. The number of nitrogens with zero attached hydrogens (tertiary/aromatic N) is 4. The molecule has 0 bridgehead atoms. The molecule has 7 heteroatoms. The van der Waals surface area contributed by atoms with Crippen LogP contribution >= 0.6 is 24.0 Å². The van der Waals surface area contributed by atoms with Crippen LogP contribution in [0.15, 0.2) is 29.3 Å². The van der Waals surface area contributed by atoms with Crippen LogP contribution in [-0.4, -0.2) is 52.8 Å². The van der Waals surface area contributed by atoms with Crippen LogP contribution in [0.2, 0.25) is 0 Å². The van der Waals surface area contributed by atoms with E-state index >= 15 is 0 Å². The summed E-state index contributed by atoms with van der Waals surface area (Å²) < 4.78 is 7.71. The van der Waals surface area contributed by atoms with Crippen molar-refractivity contribution in [2.45, 2.75) is 26.5 Å². The molecule has 2 heterocycles. The first-order valence-corrected chi connectivity index (χ1v) is 7.73. The Morgan fingerprint density at radius 1 is 1.43 bits per heavy atom. The first-order chi connectivity index (χ1) is 10.6. The number of guanidine groups is 1. The summed E-state index contributed by atoms with van der Waals surface area (Å²) in [5.74, 6) is 1.62. The van der Waals surface area contributed by atoms with Crippen LogP contribution in [0.1, 0.15) is 12.7 Å². The average molecular weight is 429 g/mol. The van der Waals surface area contributed by atoms with Crippen molar-refractivity contribution in [2.75, 3.05) is 26.2 Å². The number of hydrogen-bond acceptors (Lipinski definition) is 3. The van der Waals surface area contributed by atoms with Crippen molar-refractivity contribution in [3.8, 4) is 0 Å². The minimum atomic E-state index is 0. The van der Waals surface area contributed by atoms with Crippen molar-refractivity contribution in [1.82, 2.24) is 14.5 Å². The highest BCUT2D eigenvalue weighted by atomic mass is 127. The Bertz CT molecular complexity index is 684. The molecule has 0 spiro atoms. The van der Waals surface area contributed by atoms with Crippen molar-refractivity contribution in [3.63, 3.8) is 0 Å². The molecule has 3 rings (SSSR count). The lowest BCUT2D eigenvalue weighted by Gasteiger charge is -2.31. The van der Waals surface area contributed by atoms with E-state index in [1.54, 1.807) is 0 Å². The second-order valence-corrected chi connectivity index (χ2v) is 5.67. The van der Waals surface area contributed by atoms with Gasteiger partial charge in [-0.15, -0.1) is 24.0 Å². The Labute approximate surface area is 153 Å². The van der Waals surface area contributed by atoms with Gasteiger partial charge in [-0.05, 0) is 26.0 Å². The summed E-state index contributed by atoms with van der Waals surface area (Å²) in [5.41, 5.74) is 8.27. The van der Waals surface area contributed by atoms with Gasteiger partial charge in [-0.1, -0.05) is 12.1 Å². The van der Waals surface area contributed by atoms with Crippen molar-refractivity contribution in [3.05, 3.63) is 30.1 Å². The van der Waals surface area contributed by atoms with Gasteiger partial charge < -0.3 is 19.9 Å². The van der Waals surface area contributed by atoms with Gasteiger partial charge in [-0.3, -0.25) is 4.99 Å². The summed E-state index contributed by atoms with van der Waals surface area (Å²) in [5, 5.41) is 0. The summed E-state index contributed by atoms with van der Waals surface area (Å²) in [6.07, 6.45) is 0.210. The fourth-order valence-electron chi connectivity index (χ4n) is 2.87. The Kier molecular flexibility index (Phi) is 6.23. The smallest absolute Gasteiger partial charge is 0.191 e. The molecule has 126 valence electrons. The number of nitrogens with two attached hydrogens (primary N) is 1. The minimum Gasteiger partial charge on any atom is -0.375 e. The van der Waals surface area contributed by atoms with Gasteiger partial charge in [0.25, 0.3) is 0 Å². The molecule has 1 aromatic carbocycles. The molecule has 1 saturated heterocycles. The zero-order valence-electron chi connectivity index (χ0n) is 13.6. The molecule has 2 N–H and O–H groups in total. The first-order valence-electron chi connectivity index (χ1n) is 7.73. The molecule has 0 saturated carbocycles. The van der Waals surface area contributed by atoms with Gasteiger partial charge in [-0.25, -0.2) is 4.98 Å². The van der Waals surface area contributed by atoms with Crippen LogP contribution in [0.4, 0.5) is 0 Å². The topological polar surface area (TPSA) is 68.7 Å². The van der Waals surface area contributed by atoms with Gasteiger partial charge in [0.2, 0.25) is 0 Å². The Morgan fingerprint density at radius 2 is 2.22 bits per heavy atom. The van der Waals surface area contributed by atoms with E-state index in [2.05, 4.69) is 32.4 Å². The molecule has 2 aromatic rings. The van der Waals surface area contributed by atoms with Crippen LogP contribution < -0.4 is 5.73 Å². The van der Waals surface area contributed by atoms with E-state index in [1.165, 1.54) is 0 Å². The van der Waals surface area contributed by atoms with Gasteiger partial charge in [-0.2, -0.15) is 0 Å². The second kappa shape index (κ2) is 7.96. The van der Waals surface area contributed by atoms with E-state index in [9.17, 15) is 0 Å². The van der Waals surface area contributed by atoms with Crippen molar-refractivity contribution < 1.29 is 4.74 Å². The van der Waals surface area contributed by atoms with Crippen molar-refractivity contribution in [1.29, 1.82) is 0 Å². The zero-order valence-corrected chi connectivity index (χ0v) is 15.9. The molecular weight excluding hydrogens is 405 g/mol. The number of morpholine rings is 1. The Hall–Kier alpha value is -1.35. The Balaban J connectivity index is 0.00000192. The number of halogens is 1. The minimum absolute atomic E-state index is 0. The standard InChI is InChI=1S/C16H23N5O.HI/c1-12-11-20(9-10-22-12)16(17)18-7-8-21-13(2)19-14-5-3-4-6-15(14)21;/h3-6,12H,7-11H2,1-2H3,(H2,17,18);1H. The number of ether oxygens (including phenoxy) is 1. The zero-order chi connectivity index (χ0) is 15.5. The molecule has 1 unspecified atom stereocenters. The monoisotopic (exact) mass is 429 g/mol. The molecule has 0 radical (unpaired) electrons. The lowest BCUT2D eigenvalue weighted by molar-refractivity contribution is 0.00529. The maximum absolute atomic E-state index is 6.10. The number of para-hydroxylation sites is 2. The SMILES string of the molecule is Cc1nc2ccccc2n1CCN=C(N)N1CCOC(C)C1.I. The van der Waals surface area contributed by atoms with Gasteiger partial charge in [0.05, 0.1) is 30.3 Å². The van der Waals surface area contributed by atoms with E-state index in [4.69, 9.17) is 10.5 Å². The third-order valence-corrected chi connectivity index (χ3v) is 4.01. The summed E-state index contributed by atoms with van der Waals surface area (Å²) in [7, 11) is 0. The van der Waals surface area contributed by atoms with Crippen molar-refractivity contribution >= 4 is 41.0 Å². The van der Waals surface area contributed by atoms with Crippen molar-refractivity contribution in [2.24, 2.45) is 10.7 Å². The maximum Gasteiger partial charge on any atom is 0.191 e. The molecule has 1 aliphatic rings. The maximum atomic E-state index is 6.10. The Morgan fingerprint density at radius 3 is 3.00 bits per heavy atom. The van der Waals surface area contributed by atoms with Gasteiger partial charge in [0, 0.05) is 19.6 Å². The third kappa shape index (κ3) is 4.14. The number of imidazole rings is 1. The molecule has 0 amide bonds. The fourth-order valence-corrected chi connectivity index (χ4v) is 2.87. The molecule has 1 aliphatic heterocycles. The van der Waals surface area contributed by atoms with Crippen LogP contribution in [-0.2, 0) is 11.3 Å². The molecule has 1 fully saturated rings. The van der Waals surface area contributed by atoms with Gasteiger partial charge in [0.15, 0.2) is 5.96 Å². The quantitative estimate of drug-likeness (QED) is 0.461. The molecule has 1 atom stereocenters. The predicted molar refractivity (Wildman–Crippen MR) is 103 cm³/mol. The summed E-state index contributed by atoms with van der Waals surface area (Å²) in [4.78, 5) is 11.2. The number of benzene rings is 1. The molecule has 0 aliphatic carbocycles. The first kappa shape index (κ1) is 18.0. The highest BCUT2D eigenvalue weighted by Gasteiger charge is 2.17. The van der Waals surface area contributed by atoms with E-state index in [-0.39, 0.29) is 30.1 Å². The highest BCUT2D eigenvalue weighted by Crippen LogP contribution is 2.15.